The van der Waals surface area contributed by atoms with Gasteiger partial charge in [0.15, 0.2) is 0 Å². The maximum atomic E-state index is 10.9. The quantitative estimate of drug-likeness (QED) is 0.765. The lowest BCUT2D eigenvalue weighted by Crippen LogP contribution is -2.41. The Balaban J connectivity index is 3.03. The standard InChI is InChI=1S/C11H12N2O/c1-9(14)13-11(2,8-12)10-6-4-3-5-7-10/h3-7H,1-2H3,(H,13,14). The van der Waals surface area contributed by atoms with Crippen LogP contribution in [-0.2, 0) is 10.3 Å². The van der Waals surface area contributed by atoms with Crippen molar-refractivity contribution in [1.29, 1.82) is 5.26 Å². The first kappa shape index (κ1) is 10.3. The zero-order valence-electron chi connectivity index (χ0n) is 8.24. The van der Waals surface area contributed by atoms with Gasteiger partial charge in [0.25, 0.3) is 0 Å². The van der Waals surface area contributed by atoms with Crippen LogP contribution in [0.3, 0.4) is 0 Å². The van der Waals surface area contributed by atoms with Gasteiger partial charge in [-0.3, -0.25) is 4.79 Å². The highest BCUT2D eigenvalue weighted by molar-refractivity contribution is 5.74. The first-order valence-electron chi connectivity index (χ1n) is 4.34. The van der Waals surface area contributed by atoms with E-state index >= 15 is 0 Å². The number of nitriles is 1. The Morgan fingerprint density at radius 2 is 2.00 bits per heavy atom. The molecule has 0 aromatic heterocycles. The lowest BCUT2D eigenvalue weighted by Gasteiger charge is -2.22. The molecule has 0 heterocycles. The Morgan fingerprint density at radius 3 is 2.43 bits per heavy atom. The molecule has 0 aliphatic carbocycles. The molecule has 3 nitrogen and oxygen atoms in total. The zero-order chi connectivity index (χ0) is 10.6. The van der Waals surface area contributed by atoms with E-state index in [1.807, 2.05) is 30.3 Å². The zero-order valence-corrected chi connectivity index (χ0v) is 8.24. The van der Waals surface area contributed by atoms with Gasteiger partial charge in [0.1, 0.15) is 5.54 Å². The van der Waals surface area contributed by atoms with E-state index in [0.29, 0.717) is 0 Å². The average molecular weight is 188 g/mol. The minimum absolute atomic E-state index is 0.210. The summed E-state index contributed by atoms with van der Waals surface area (Å²) < 4.78 is 0. The van der Waals surface area contributed by atoms with Crippen LogP contribution in [0.4, 0.5) is 0 Å². The highest BCUT2D eigenvalue weighted by atomic mass is 16.1. The molecular weight excluding hydrogens is 176 g/mol. The van der Waals surface area contributed by atoms with Gasteiger partial charge in [-0.15, -0.1) is 0 Å². The summed E-state index contributed by atoms with van der Waals surface area (Å²) in [5, 5.41) is 11.6. The van der Waals surface area contributed by atoms with E-state index in [-0.39, 0.29) is 5.91 Å². The van der Waals surface area contributed by atoms with Crippen LogP contribution >= 0.6 is 0 Å². The molecule has 1 unspecified atom stereocenters. The molecular formula is C11H12N2O. The van der Waals surface area contributed by atoms with Gasteiger partial charge in [0, 0.05) is 6.92 Å². The molecule has 1 aromatic carbocycles. The molecule has 0 saturated heterocycles. The van der Waals surface area contributed by atoms with Gasteiger partial charge in [-0.25, -0.2) is 0 Å². The molecule has 1 atom stereocenters. The van der Waals surface area contributed by atoms with Crippen molar-refractivity contribution in [3.8, 4) is 6.07 Å². The molecule has 0 aliphatic rings. The Hall–Kier alpha value is -1.82. The SMILES string of the molecule is CC(=O)NC(C)(C#N)c1ccccc1. The first-order valence-corrected chi connectivity index (χ1v) is 4.34. The number of nitrogens with zero attached hydrogens (tertiary/aromatic N) is 1. The summed E-state index contributed by atoms with van der Waals surface area (Å²) in [4.78, 5) is 10.9. The fourth-order valence-corrected chi connectivity index (χ4v) is 1.29. The summed E-state index contributed by atoms with van der Waals surface area (Å²) in [6, 6.07) is 11.3. The number of amides is 1. The van der Waals surface area contributed by atoms with Crippen molar-refractivity contribution in [3.63, 3.8) is 0 Å². The summed E-state index contributed by atoms with van der Waals surface area (Å²) >= 11 is 0. The van der Waals surface area contributed by atoms with Gasteiger partial charge in [-0.05, 0) is 12.5 Å². The summed E-state index contributed by atoms with van der Waals surface area (Å²) in [5.41, 5.74) is -0.148. The summed E-state index contributed by atoms with van der Waals surface area (Å²) in [7, 11) is 0. The van der Waals surface area contributed by atoms with Gasteiger partial charge in [0.05, 0.1) is 6.07 Å². The van der Waals surface area contributed by atoms with Gasteiger partial charge >= 0.3 is 0 Å². The van der Waals surface area contributed by atoms with Crippen LogP contribution in [0.5, 0.6) is 0 Å². The minimum Gasteiger partial charge on any atom is -0.335 e. The predicted molar refractivity (Wildman–Crippen MR) is 53.2 cm³/mol. The smallest absolute Gasteiger partial charge is 0.218 e. The predicted octanol–water partition coefficient (Wildman–Crippen LogP) is 1.56. The number of nitrogens with one attached hydrogen (secondary N) is 1. The number of carbonyl (C=O) groups excluding carboxylic acids is 1. The topological polar surface area (TPSA) is 52.9 Å². The largest absolute Gasteiger partial charge is 0.335 e. The molecule has 14 heavy (non-hydrogen) atoms. The molecule has 0 radical (unpaired) electrons. The molecule has 72 valence electrons. The molecule has 0 spiro atoms. The molecule has 0 saturated carbocycles. The van der Waals surface area contributed by atoms with Crippen LogP contribution in [0.25, 0.3) is 0 Å². The van der Waals surface area contributed by atoms with E-state index in [9.17, 15) is 4.79 Å². The lowest BCUT2D eigenvalue weighted by molar-refractivity contribution is -0.120. The van der Waals surface area contributed by atoms with Crippen molar-refractivity contribution in [3.05, 3.63) is 35.9 Å². The van der Waals surface area contributed by atoms with Crippen LogP contribution in [-0.4, -0.2) is 5.91 Å². The molecule has 3 heteroatoms. The highest BCUT2D eigenvalue weighted by Gasteiger charge is 2.26. The third kappa shape index (κ3) is 2.11. The third-order valence-corrected chi connectivity index (χ3v) is 2.00. The Morgan fingerprint density at radius 1 is 1.43 bits per heavy atom. The number of hydrogen-bond acceptors (Lipinski definition) is 2. The number of hydrogen-bond donors (Lipinski definition) is 1. The maximum Gasteiger partial charge on any atom is 0.218 e. The van der Waals surface area contributed by atoms with Crippen molar-refractivity contribution in [2.75, 3.05) is 0 Å². The van der Waals surface area contributed by atoms with Gasteiger partial charge in [-0.1, -0.05) is 30.3 Å². The second-order valence-corrected chi connectivity index (χ2v) is 3.28. The van der Waals surface area contributed by atoms with Crippen molar-refractivity contribution in [2.45, 2.75) is 19.4 Å². The van der Waals surface area contributed by atoms with Crippen LogP contribution in [0.1, 0.15) is 19.4 Å². The van der Waals surface area contributed by atoms with Gasteiger partial charge in [0.2, 0.25) is 5.91 Å². The summed E-state index contributed by atoms with van der Waals surface area (Å²) in [6.45, 7) is 3.09. The van der Waals surface area contributed by atoms with Crippen LogP contribution in [0.2, 0.25) is 0 Å². The van der Waals surface area contributed by atoms with Crippen LogP contribution < -0.4 is 5.32 Å². The van der Waals surface area contributed by atoms with Crippen LogP contribution in [0.15, 0.2) is 30.3 Å². The lowest BCUT2D eigenvalue weighted by atomic mass is 9.94. The monoisotopic (exact) mass is 188 g/mol. The van der Waals surface area contributed by atoms with Crippen LogP contribution in [0, 0.1) is 11.3 Å². The van der Waals surface area contributed by atoms with E-state index in [0.717, 1.165) is 5.56 Å². The Labute approximate surface area is 83.4 Å². The normalized spacial score (nSPS) is 13.8. The minimum atomic E-state index is -0.937. The highest BCUT2D eigenvalue weighted by Crippen LogP contribution is 2.18. The molecule has 1 amide bonds. The number of benzene rings is 1. The average Bonchev–Trinajstić information content (AvgIpc) is 2.18. The van der Waals surface area contributed by atoms with E-state index in [1.165, 1.54) is 6.92 Å². The fraction of sp³-hybridized carbons (Fsp3) is 0.273. The number of rotatable bonds is 2. The van der Waals surface area contributed by atoms with E-state index in [4.69, 9.17) is 5.26 Å². The van der Waals surface area contributed by atoms with Crippen molar-refractivity contribution in [1.82, 2.24) is 5.32 Å². The fourth-order valence-electron chi connectivity index (χ4n) is 1.29. The van der Waals surface area contributed by atoms with Crippen molar-refractivity contribution >= 4 is 5.91 Å². The van der Waals surface area contributed by atoms with E-state index in [2.05, 4.69) is 11.4 Å². The first-order chi connectivity index (χ1) is 6.58. The van der Waals surface area contributed by atoms with E-state index in [1.54, 1.807) is 6.92 Å². The molecule has 0 aliphatic heterocycles. The molecule has 1 N–H and O–H groups in total. The molecule has 0 bridgehead atoms. The Bertz CT molecular complexity index is 367. The van der Waals surface area contributed by atoms with Crippen molar-refractivity contribution < 1.29 is 4.79 Å². The molecule has 1 aromatic rings. The molecule has 0 fully saturated rings. The maximum absolute atomic E-state index is 10.9. The van der Waals surface area contributed by atoms with Crippen molar-refractivity contribution in [2.24, 2.45) is 0 Å². The molecule has 1 rings (SSSR count). The van der Waals surface area contributed by atoms with Gasteiger partial charge < -0.3 is 5.32 Å². The summed E-state index contributed by atoms with van der Waals surface area (Å²) in [6.07, 6.45) is 0. The van der Waals surface area contributed by atoms with Gasteiger partial charge in [-0.2, -0.15) is 5.26 Å². The summed E-state index contributed by atoms with van der Waals surface area (Å²) in [5.74, 6) is -0.210. The second kappa shape index (κ2) is 3.93. The third-order valence-electron chi connectivity index (χ3n) is 2.00. The second-order valence-electron chi connectivity index (χ2n) is 3.28. The van der Waals surface area contributed by atoms with E-state index < -0.39 is 5.54 Å². The number of carbonyl (C=O) groups is 1. The Kier molecular flexibility index (Phi) is 2.88.